The Morgan fingerprint density at radius 2 is 2.36 bits per heavy atom. The van der Waals surface area contributed by atoms with Crippen molar-refractivity contribution in [1.82, 2.24) is 4.90 Å². The second-order valence-corrected chi connectivity index (χ2v) is 3.34. The smallest absolute Gasteiger partial charge is 0.117 e. The molecule has 0 aromatic carbocycles. The zero-order chi connectivity index (χ0) is 10.2. The zero-order valence-electron chi connectivity index (χ0n) is 8.45. The van der Waals surface area contributed by atoms with Crippen LogP contribution in [0.1, 0.15) is 12.7 Å². The van der Waals surface area contributed by atoms with Crippen LogP contribution in [-0.4, -0.2) is 23.9 Å². The van der Waals surface area contributed by atoms with E-state index in [4.69, 9.17) is 16.0 Å². The van der Waals surface area contributed by atoms with Crippen LogP contribution in [0.2, 0.25) is 0 Å². The van der Waals surface area contributed by atoms with Gasteiger partial charge in [0.15, 0.2) is 0 Å². The van der Waals surface area contributed by atoms with E-state index in [0.717, 1.165) is 25.4 Å². The first-order valence-corrected chi connectivity index (χ1v) is 5.36. The van der Waals surface area contributed by atoms with Crippen LogP contribution in [0.5, 0.6) is 0 Å². The topological polar surface area (TPSA) is 16.4 Å². The first-order chi connectivity index (χ1) is 6.86. The average molecular weight is 214 g/mol. The molecular formula is C11H16ClNO. The molecule has 1 aromatic heterocycles. The molecule has 14 heavy (non-hydrogen) atoms. The fourth-order valence-electron chi connectivity index (χ4n) is 1.21. The Morgan fingerprint density at radius 1 is 1.50 bits per heavy atom. The molecule has 0 saturated carbocycles. The number of likely N-dealkylation sites (N-methyl/N-ethyl adjacent to an activating group) is 1. The lowest BCUT2D eigenvalue weighted by molar-refractivity contribution is 0.281. The van der Waals surface area contributed by atoms with Crippen LogP contribution < -0.4 is 0 Å². The van der Waals surface area contributed by atoms with E-state index in [1.165, 1.54) is 0 Å². The summed E-state index contributed by atoms with van der Waals surface area (Å²) in [6, 6.07) is 3.91. The Morgan fingerprint density at radius 3 is 2.93 bits per heavy atom. The number of furan rings is 1. The molecule has 0 aliphatic heterocycles. The Hall–Kier alpha value is -0.730. The van der Waals surface area contributed by atoms with Crippen molar-refractivity contribution in [3.63, 3.8) is 0 Å². The van der Waals surface area contributed by atoms with Crippen LogP contribution >= 0.6 is 11.6 Å². The summed E-state index contributed by atoms with van der Waals surface area (Å²) < 4.78 is 5.28. The van der Waals surface area contributed by atoms with Crippen molar-refractivity contribution in [2.45, 2.75) is 13.5 Å². The van der Waals surface area contributed by atoms with Gasteiger partial charge in [-0.25, -0.2) is 0 Å². The zero-order valence-corrected chi connectivity index (χ0v) is 9.20. The first kappa shape index (κ1) is 11.3. The number of alkyl halides is 1. The Balaban J connectivity index is 2.35. The maximum absolute atomic E-state index is 5.55. The van der Waals surface area contributed by atoms with Crippen LogP contribution in [0.3, 0.4) is 0 Å². The Kier molecular flexibility index (Phi) is 5.42. The average Bonchev–Trinajstić information content (AvgIpc) is 2.69. The van der Waals surface area contributed by atoms with Gasteiger partial charge >= 0.3 is 0 Å². The minimum absolute atomic E-state index is 0.582. The van der Waals surface area contributed by atoms with Crippen LogP contribution in [0, 0.1) is 0 Å². The minimum Gasteiger partial charge on any atom is -0.468 e. The van der Waals surface area contributed by atoms with Crippen molar-refractivity contribution < 1.29 is 4.42 Å². The van der Waals surface area contributed by atoms with Gasteiger partial charge in [0.25, 0.3) is 0 Å². The van der Waals surface area contributed by atoms with Crippen LogP contribution in [0.25, 0.3) is 0 Å². The highest BCUT2D eigenvalue weighted by Crippen LogP contribution is 2.04. The summed E-state index contributed by atoms with van der Waals surface area (Å²) in [5, 5.41) is 0. The number of hydrogen-bond acceptors (Lipinski definition) is 2. The van der Waals surface area contributed by atoms with Crippen molar-refractivity contribution in [2.24, 2.45) is 0 Å². The second-order valence-electron chi connectivity index (χ2n) is 3.03. The molecule has 3 heteroatoms. The van der Waals surface area contributed by atoms with Gasteiger partial charge in [0.1, 0.15) is 5.76 Å². The van der Waals surface area contributed by atoms with Gasteiger partial charge in [0, 0.05) is 12.4 Å². The van der Waals surface area contributed by atoms with Gasteiger partial charge in [-0.3, -0.25) is 4.90 Å². The van der Waals surface area contributed by atoms with E-state index in [1.54, 1.807) is 6.26 Å². The first-order valence-electron chi connectivity index (χ1n) is 4.82. The third-order valence-corrected chi connectivity index (χ3v) is 2.20. The molecule has 0 bridgehead atoms. The lowest BCUT2D eigenvalue weighted by atomic mass is 10.3. The molecule has 0 aliphatic rings. The monoisotopic (exact) mass is 213 g/mol. The highest BCUT2D eigenvalue weighted by Gasteiger charge is 2.02. The molecule has 1 rings (SSSR count). The van der Waals surface area contributed by atoms with Gasteiger partial charge in [-0.05, 0) is 18.7 Å². The number of rotatable bonds is 6. The summed E-state index contributed by atoms with van der Waals surface area (Å²) in [6.45, 7) is 4.92. The predicted octanol–water partition coefficient (Wildman–Crippen LogP) is 2.90. The lowest BCUT2D eigenvalue weighted by Crippen LogP contribution is -2.22. The molecule has 0 amide bonds. The van der Waals surface area contributed by atoms with Crippen LogP contribution in [-0.2, 0) is 6.54 Å². The van der Waals surface area contributed by atoms with E-state index >= 15 is 0 Å². The lowest BCUT2D eigenvalue weighted by Gasteiger charge is -2.16. The number of nitrogens with zero attached hydrogens (tertiary/aromatic N) is 1. The standard InChI is InChI=1S/C11H16ClNO/c1-2-13(8-4-3-7-12)10-11-6-5-9-14-11/h3-6,9H,2,7-8,10H2,1H3. The molecule has 0 radical (unpaired) electrons. The number of halogens is 1. The van der Waals surface area contributed by atoms with Gasteiger partial charge in [-0.1, -0.05) is 19.1 Å². The molecule has 0 fully saturated rings. The van der Waals surface area contributed by atoms with E-state index in [9.17, 15) is 0 Å². The summed E-state index contributed by atoms with van der Waals surface area (Å²) in [6.07, 6.45) is 5.75. The third kappa shape index (κ3) is 3.99. The molecule has 78 valence electrons. The fraction of sp³-hybridized carbons (Fsp3) is 0.455. The van der Waals surface area contributed by atoms with Gasteiger partial charge in [-0.15, -0.1) is 11.6 Å². The predicted molar refractivity (Wildman–Crippen MR) is 59.5 cm³/mol. The maximum Gasteiger partial charge on any atom is 0.117 e. The molecule has 1 heterocycles. The summed E-state index contributed by atoms with van der Waals surface area (Å²) in [5.74, 6) is 1.59. The number of hydrogen-bond donors (Lipinski definition) is 0. The third-order valence-electron chi connectivity index (χ3n) is 2.03. The van der Waals surface area contributed by atoms with Crippen LogP contribution in [0.4, 0.5) is 0 Å². The highest BCUT2D eigenvalue weighted by atomic mass is 35.5. The molecule has 0 unspecified atom stereocenters. The van der Waals surface area contributed by atoms with Crippen molar-refractivity contribution in [1.29, 1.82) is 0 Å². The Bertz CT molecular complexity index is 256. The van der Waals surface area contributed by atoms with Crippen molar-refractivity contribution >= 4 is 11.6 Å². The minimum atomic E-state index is 0.582. The summed E-state index contributed by atoms with van der Waals surface area (Å²) >= 11 is 5.55. The van der Waals surface area contributed by atoms with E-state index in [-0.39, 0.29) is 0 Å². The Labute approximate surface area is 90.2 Å². The van der Waals surface area contributed by atoms with Crippen LogP contribution in [0.15, 0.2) is 35.0 Å². The highest BCUT2D eigenvalue weighted by molar-refractivity contribution is 6.18. The van der Waals surface area contributed by atoms with E-state index < -0.39 is 0 Å². The van der Waals surface area contributed by atoms with Gasteiger partial charge in [-0.2, -0.15) is 0 Å². The van der Waals surface area contributed by atoms with E-state index in [1.807, 2.05) is 18.2 Å². The maximum atomic E-state index is 5.55. The molecule has 0 atom stereocenters. The molecule has 1 aromatic rings. The summed E-state index contributed by atoms with van der Waals surface area (Å²) in [4.78, 5) is 2.28. The summed E-state index contributed by atoms with van der Waals surface area (Å²) in [5.41, 5.74) is 0. The molecule has 2 nitrogen and oxygen atoms in total. The van der Waals surface area contributed by atoms with Crippen molar-refractivity contribution in [2.75, 3.05) is 19.0 Å². The molecule has 0 N–H and O–H groups in total. The quantitative estimate of drug-likeness (QED) is 0.534. The van der Waals surface area contributed by atoms with Crippen molar-refractivity contribution in [3.8, 4) is 0 Å². The number of allylic oxidation sites excluding steroid dienone is 1. The second kappa shape index (κ2) is 6.68. The normalized spacial score (nSPS) is 11.6. The van der Waals surface area contributed by atoms with E-state index in [0.29, 0.717) is 5.88 Å². The van der Waals surface area contributed by atoms with Gasteiger partial charge in [0.2, 0.25) is 0 Å². The van der Waals surface area contributed by atoms with Gasteiger partial charge < -0.3 is 4.42 Å². The fourth-order valence-corrected chi connectivity index (χ4v) is 1.34. The molecule has 0 spiro atoms. The molecule has 0 aliphatic carbocycles. The summed E-state index contributed by atoms with van der Waals surface area (Å²) in [7, 11) is 0. The molecule has 0 saturated heterocycles. The SMILES string of the molecule is CCN(CC=CCCl)Cc1ccco1. The van der Waals surface area contributed by atoms with Gasteiger partial charge in [0.05, 0.1) is 12.8 Å². The largest absolute Gasteiger partial charge is 0.468 e. The van der Waals surface area contributed by atoms with E-state index in [2.05, 4.69) is 17.9 Å². The molecular weight excluding hydrogens is 198 g/mol. The van der Waals surface area contributed by atoms with Crippen molar-refractivity contribution in [3.05, 3.63) is 36.3 Å².